The number of aromatic nitrogens is 1. The molecule has 0 spiro atoms. The van der Waals surface area contributed by atoms with Crippen LogP contribution in [-0.4, -0.2) is 24.0 Å². The SMILES string of the molecule is CC(=O)OCC(NC=O)c1ccc(-c2cccc3ncsc23)cc1. The maximum atomic E-state index is 11.0. The van der Waals surface area contributed by atoms with Crippen LogP contribution in [0, 0.1) is 0 Å². The molecule has 1 amide bonds. The Balaban J connectivity index is 1.87. The second-order valence-electron chi connectivity index (χ2n) is 5.27. The maximum Gasteiger partial charge on any atom is 0.302 e. The molecule has 0 bridgehead atoms. The van der Waals surface area contributed by atoms with Gasteiger partial charge in [-0.3, -0.25) is 9.59 Å². The van der Waals surface area contributed by atoms with Gasteiger partial charge in [-0.1, -0.05) is 36.4 Å². The summed E-state index contributed by atoms with van der Waals surface area (Å²) >= 11 is 1.61. The first-order chi connectivity index (χ1) is 11.7. The highest BCUT2D eigenvalue weighted by Gasteiger charge is 2.13. The van der Waals surface area contributed by atoms with Crippen LogP contribution < -0.4 is 5.32 Å². The first-order valence-corrected chi connectivity index (χ1v) is 8.32. The second kappa shape index (κ2) is 7.23. The average molecular weight is 340 g/mol. The molecule has 0 fully saturated rings. The minimum atomic E-state index is -0.374. The number of nitrogens with one attached hydrogen (secondary N) is 1. The molecule has 0 aliphatic carbocycles. The molecule has 0 radical (unpaired) electrons. The Hall–Kier alpha value is -2.73. The van der Waals surface area contributed by atoms with E-state index in [1.54, 1.807) is 11.3 Å². The molecule has 0 saturated carbocycles. The molecular formula is C18H16N2O3S. The van der Waals surface area contributed by atoms with Crippen LogP contribution in [0.2, 0.25) is 0 Å². The van der Waals surface area contributed by atoms with E-state index in [0.29, 0.717) is 6.41 Å². The highest BCUT2D eigenvalue weighted by Crippen LogP contribution is 2.31. The summed E-state index contributed by atoms with van der Waals surface area (Å²) in [5.74, 6) is -0.374. The van der Waals surface area contributed by atoms with Crippen LogP contribution in [0.1, 0.15) is 18.5 Å². The predicted octanol–water partition coefficient (Wildman–Crippen LogP) is 3.31. The van der Waals surface area contributed by atoms with Crippen molar-refractivity contribution in [1.82, 2.24) is 10.3 Å². The summed E-state index contributed by atoms with van der Waals surface area (Å²) in [4.78, 5) is 26.1. The Morgan fingerprint density at radius 3 is 2.79 bits per heavy atom. The zero-order valence-electron chi connectivity index (χ0n) is 13.1. The number of carbonyl (C=O) groups is 2. The van der Waals surface area contributed by atoms with Crippen LogP contribution in [0.3, 0.4) is 0 Å². The molecule has 2 aromatic carbocycles. The normalized spacial score (nSPS) is 11.9. The van der Waals surface area contributed by atoms with E-state index in [9.17, 15) is 9.59 Å². The first kappa shape index (κ1) is 16.1. The van der Waals surface area contributed by atoms with Crippen molar-refractivity contribution in [3.8, 4) is 11.1 Å². The quantitative estimate of drug-likeness (QED) is 0.552. The number of benzene rings is 2. The Bertz CT molecular complexity index is 858. The third-order valence-electron chi connectivity index (χ3n) is 3.70. The van der Waals surface area contributed by atoms with E-state index < -0.39 is 0 Å². The molecular weight excluding hydrogens is 324 g/mol. The number of hydrogen-bond acceptors (Lipinski definition) is 5. The number of carbonyl (C=O) groups excluding carboxylic acids is 2. The number of hydrogen-bond donors (Lipinski definition) is 1. The summed E-state index contributed by atoms with van der Waals surface area (Å²) in [6, 6.07) is 13.5. The van der Waals surface area contributed by atoms with Crippen LogP contribution in [0.15, 0.2) is 48.0 Å². The molecule has 1 atom stereocenters. The van der Waals surface area contributed by atoms with Crippen molar-refractivity contribution in [1.29, 1.82) is 0 Å². The number of thiazole rings is 1. The number of esters is 1. The van der Waals surface area contributed by atoms with Gasteiger partial charge in [0.25, 0.3) is 0 Å². The monoisotopic (exact) mass is 340 g/mol. The van der Waals surface area contributed by atoms with E-state index in [0.717, 1.165) is 26.9 Å². The summed E-state index contributed by atoms with van der Waals surface area (Å²) < 4.78 is 6.15. The van der Waals surface area contributed by atoms with Crippen molar-refractivity contribution in [2.75, 3.05) is 6.61 Å². The molecule has 24 heavy (non-hydrogen) atoms. The standard InChI is InChI=1S/C18H16N2O3S/c1-12(22)23-9-17(19-10-21)14-7-5-13(6-8-14)15-3-2-4-16-18(15)24-11-20-16/h2-8,10-11,17H,9H2,1H3,(H,19,21). The lowest BCUT2D eigenvalue weighted by Crippen LogP contribution is -2.25. The second-order valence-corrected chi connectivity index (χ2v) is 6.12. The van der Waals surface area contributed by atoms with E-state index in [1.165, 1.54) is 6.92 Å². The lowest BCUT2D eigenvalue weighted by atomic mass is 10.0. The van der Waals surface area contributed by atoms with Gasteiger partial charge in [0.1, 0.15) is 6.61 Å². The van der Waals surface area contributed by atoms with Gasteiger partial charge in [0, 0.05) is 12.5 Å². The Morgan fingerprint density at radius 2 is 2.08 bits per heavy atom. The molecule has 122 valence electrons. The summed E-state index contributed by atoms with van der Waals surface area (Å²) in [6.45, 7) is 1.45. The largest absolute Gasteiger partial charge is 0.463 e. The predicted molar refractivity (Wildman–Crippen MR) is 93.6 cm³/mol. The smallest absolute Gasteiger partial charge is 0.302 e. The van der Waals surface area contributed by atoms with Crippen LogP contribution in [0.4, 0.5) is 0 Å². The molecule has 1 N–H and O–H groups in total. The van der Waals surface area contributed by atoms with E-state index in [-0.39, 0.29) is 18.6 Å². The molecule has 0 saturated heterocycles. The highest BCUT2D eigenvalue weighted by atomic mass is 32.1. The van der Waals surface area contributed by atoms with Gasteiger partial charge in [0.2, 0.25) is 6.41 Å². The summed E-state index contributed by atoms with van der Waals surface area (Å²) in [6.07, 6.45) is 0.611. The fraction of sp³-hybridized carbons (Fsp3) is 0.167. The third-order valence-corrected chi connectivity index (χ3v) is 4.58. The van der Waals surface area contributed by atoms with Gasteiger partial charge in [-0.15, -0.1) is 11.3 Å². The molecule has 3 aromatic rings. The maximum absolute atomic E-state index is 11.0. The number of amides is 1. The lowest BCUT2D eigenvalue weighted by Gasteiger charge is -2.16. The Morgan fingerprint density at radius 1 is 1.29 bits per heavy atom. The molecule has 1 heterocycles. The fourth-order valence-electron chi connectivity index (χ4n) is 2.53. The van der Waals surface area contributed by atoms with E-state index in [4.69, 9.17) is 4.74 Å². The Labute approximate surface area is 143 Å². The molecule has 0 aliphatic rings. The third kappa shape index (κ3) is 3.44. The minimum absolute atomic E-state index is 0.109. The molecule has 1 aromatic heterocycles. The van der Waals surface area contributed by atoms with Gasteiger partial charge >= 0.3 is 5.97 Å². The number of rotatable bonds is 6. The van der Waals surface area contributed by atoms with E-state index >= 15 is 0 Å². The summed E-state index contributed by atoms with van der Waals surface area (Å²) in [5, 5.41) is 2.67. The molecule has 6 heteroatoms. The van der Waals surface area contributed by atoms with Crippen molar-refractivity contribution in [3.05, 3.63) is 53.5 Å². The molecule has 1 unspecified atom stereocenters. The van der Waals surface area contributed by atoms with Crippen molar-refractivity contribution >= 4 is 33.9 Å². The van der Waals surface area contributed by atoms with E-state index in [1.807, 2.05) is 41.9 Å². The zero-order valence-corrected chi connectivity index (χ0v) is 13.9. The van der Waals surface area contributed by atoms with E-state index in [2.05, 4.69) is 16.4 Å². The van der Waals surface area contributed by atoms with Crippen LogP contribution in [0.5, 0.6) is 0 Å². The fourth-order valence-corrected chi connectivity index (χ4v) is 3.36. The number of nitrogens with zero attached hydrogens (tertiary/aromatic N) is 1. The number of ether oxygens (including phenoxy) is 1. The molecule has 0 aliphatic heterocycles. The minimum Gasteiger partial charge on any atom is -0.463 e. The topological polar surface area (TPSA) is 68.3 Å². The first-order valence-electron chi connectivity index (χ1n) is 7.44. The summed E-state index contributed by atoms with van der Waals surface area (Å²) in [5.41, 5.74) is 5.90. The Kier molecular flexibility index (Phi) is 4.86. The van der Waals surface area contributed by atoms with Gasteiger partial charge < -0.3 is 10.1 Å². The average Bonchev–Trinajstić information content (AvgIpc) is 3.07. The summed E-state index contributed by atoms with van der Waals surface area (Å²) in [7, 11) is 0. The molecule has 5 nitrogen and oxygen atoms in total. The van der Waals surface area contributed by atoms with Crippen LogP contribution in [-0.2, 0) is 14.3 Å². The highest BCUT2D eigenvalue weighted by molar-refractivity contribution is 7.17. The zero-order chi connectivity index (χ0) is 16.9. The number of fused-ring (bicyclic) bond motifs is 1. The van der Waals surface area contributed by atoms with Gasteiger partial charge in [0.05, 0.1) is 21.8 Å². The lowest BCUT2D eigenvalue weighted by molar-refractivity contribution is -0.142. The van der Waals surface area contributed by atoms with Gasteiger partial charge in [-0.2, -0.15) is 0 Å². The van der Waals surface area contributed by atoms with Crippen molar-refractivity contribution in [2.24, 2.45) is 0 Å². The van der Waals surface area contributed by atoms with Gasteiger partial charge in [-0.25, -0.2) is 4.98 Å². The van der Waals surface area contributed by atoms with Crippen LogP contribution in [0.25, 0.3) is 21.3 Å². The van der Waals surface area contributed by atoms with Gasteiger partial charge in [-0.05, 0) is 17.2 Å². The van der Waals surface area contributed by atoms with Crippen LogP contribution >= 0.6 is 11.3 Å². The van der Waals surface area contributed by atoms with Crippen molar-refractivity contribution in [2.45, 2.75) is 13.0 Å². The van der Waals surface area contributed by atoms with Crippen molar-refractivity contribution < 1.29 is 14.3 Å². The van der Waals surface area contributed by atoms with Crippen molar-refractivity contribution in [3.63, 3.8) is 0 Å². The molecule has 3 rings (SSSR count). The van der Waals surface area contributed by atoms with Gasteiger partial charge in [0.15, 0.2) is 0 Å².